The number of aryl methyl sites for hydroxylation is 1. The Labute approximate surface area is 195 Å². The Kier molecular flexibility index (Phi) is 6.49. The van der Waals surface area contributed by atoms with Gasteiger partial charge in [0, 0.05) is 11.6 Å². The molecule has 3 aromatic rings. The quantitative estimate of drug-likeness (QED) is 0.537. The first kappa shape index (κ1) is 23.0. The maximum Gasteiger partial charge on any atom is 0.247 e. The number of rotatable bonds is 9. The van der Waals surface area contributed by atoms with E-state index < -0.39 is 6.04 Å². The van der Waals surface area contributed by atoms with Crippen LogP contribution in [0.2, 0.25) is 0 Å². The summed E-state index contributed by atoms with van der Waals surface area (Å²) in [7, 11) is 0. The highest BCUT2D eigenvalue weighted by Crippen LogP contribution is 2.36. The Hall–Kier alpha value is -3.22. The minimum atomic E-state index is -0.684. The topological polar surface area (TPSA) is 80.1 Å². The summed E-state index contributed by atoms with van der Waals surface area (Å²) >= 11 is 0. The number of carbonyl (C=O) groups is 2. The molecule has 174 valence electrons. The lowest BCUT2D eigenvalue weighted by Crippen LogP contribution is -2.51. The normalized spacial score (nSPS) is 14.8. The number of hydrogen-bond donors (Lipinski definition) is 1. The first-order chi connectivity index (χ1) is 15.8. The van der Waals surface area contributed by atoms with Crippen molar-refractivity contribution in [3.8, 4) is 0 Å². The SMILES string of the molecule is CCc1ccc(C(C(=O)NC(C)(C)CC)N(C(=O)Cn2nnc3ccccc32)C2CC2)cc1. The summed E-state index contributed by atoms with van der Waals surface area (Å²) in [6.45, 7) is 8.21. The van der Waals surface area contributed by atoms with Gasteiger partial charge in [0.15, 0.2) is 0 Å². The van der Waals surface area contributed by atoms with Gasteiger partial charge in [0.2, 0.25) is 11.8 Å². The summed E-state index contributed by atoms with van der Waals surface area (Å²) in [5.74, 6) is -0.267. The van der Waals surface area contributed by atoms with Crippen molar-refractivity contribution in [2.45, 2.75) is 77.5 Å². The third kappa shape index (κ3) is 5.07. The molecule has 2 aromatic carbocycles. The molecular weight excluding hydrogens is 414 g/mol. The smallest absolute Gasteiger partial charge is 0.247 e. The number of amides is 2. The van der Waals surface area contributed by atoms with Gasteiger partial charge in [0.05, 0.1) is 5.52 Å². The predicted octanol–water partition coefficient (Wildman–Crippen LogP) is 4.03. The zero-order valence-electron chi connectivity index (χ0n) is 19.9. The number of aromatic nitrogens is 3. The van der Waals surface area contributed by atoms with Gasteiger partial charge in [0.25, 0.3) is 0 Å². The van der Waals surface area contributed by atoms with Crippen LogP contribution in [0.4, 0.5) is 0 Å². The minimum absolute atomic E-state index is 0.0466. The fraction of sp³-hybridized carbons (Fsp3) is 0.462. The van der Waals surface area contributed by atoms with E-state index >= 15 is 0 Å². The lowest BCUT2D eigenvalue weighted by molar-refractivity contribution is -0.143. The molecule has 1 atom stereocenters. The molecular formula is C26H33N5O2. The Morgan fingerprint density at radius 3 is 2.45 bits per heavy atom. The summed E-state index contributed by atoms with van der Waals surface area (Å²) in [6.07, 6.45) is 3.52. The third-order valence-corrected chi connectivity index (χ3v) is 6.51. The minimum Gasteiger partial charge on any atom is -0.349 e. The number of benzene rings is 2. The molecule has 0 spiro atoms. The highest BCUT2D eigenvalue weighted by molar-refractivity contribution is 5.90. The van der Waals surface area contributed by atoms with Crippen LogP contribution in [0.25, 0.3) is 11.0 Å². The van der Waals surface area contributed by atoms with Gasteiger partial charge in [-0.2, -0.15) is 0 Å². The molecule has 1 fully saturated rings. The van der Waals surface area contributed by atoms with Crippen LogP contribution in [-0.2, 0) is 22.6 Å². The van der Waals surface area contributed by atoms with Crippen LogP contribution in [0.15, 0.2) is 48.5 Å². The van der Waals surface area contributed by atoms with Crippen LogP contribution in [-0.4, -0.2) is 43.3 Å². The zero-order chi connectivity index (χ0) is 23.6. The van der Waals surface area contributed by atoms with E-state index in [-0.39, 0.29) is 29.9 Å². The molecule has 0 bridgehead atoms. The summed E-state index contributed by atoms with van der Waals surface area (Å²) < 4.78 is 1.62. The lowest BCUT2D eigenvalue weighted by Gasteiger charge is -2.35. The lowest BCUT2D eigenvalue weighted by atomic mass is 9.97. The second-order valence-electron chi connectivity index (χ2n) is 9.49. The van der Waals surface area contributed by atoms with Crippen LogP contribution in [0.3, 0.4) is 0 Å². The fourth-order valence-electron chi connectivity index (χ4n) is 4.02. The average molecular weight is 448 g/mol. The summed E-state index contributed by atoms with van der Waals surface area (Å²) in [5.41, 5.74) is 3.23. The maximum absolute atomic E-state index is 13.7. The standard InChI is InChI=1S/C26H33N5O2/c1-5-18-11-13-19(14-12-18)24(25(33)27-26(3,4)6-2)31(20-15-16-20)23(32)17-30-22-10-8-7-9-21(22)28-29-30/h7-14,20,24H,5-6,15-17H2,1-4H3,(H,27,33). The molecule has 0 saturated heterocycles. The number of hydrogen-bond acceptors (Lipinski definition) is 4. The van der Waals surface area contributed by atoms with Crippen LogP contribution in [0, 0.1) is 0 Å². The zero-order valence-corrected chi connectivity index (χ0v) is 19.9. The number of para-hydroxylation sites is 1. The molecule has 1 aliphatic rings. The number of nitrogens with one attached hydrogen (secondary N) is 1. The van der Waals surface area contributed by atoms with E-state index in [1.807, 2.05) is 69.3 Å². The van der Waals surface area contributed by atoms with Gasteiger partial charge >= 0.3 is 0 Å². The average Bonchev–Trinajstić information content (AvgIpc) is 3.57. The Balaban J connectivity index is 1.68. The molecule has 0 radical (unpaired) electrons. The van der Waals surface area contributed by atoms with Crippen LogP contribution in [0.5, 0.6) is 0 Å². The predicted molar refractivity (Wildman–Crippen MR) is 128 cm³/mol. The maximum atomic E-state index is 13.7. The van der Waals surface area contributed by atoms with Gasteiger partial charge in [-0.25, -0.2) is 4.68 Å². The second kappa shape index (κ2) is 9.33. The van der Waals surface area contributed by atoms with E-state index in [0.717, 1.165) is 42.3 Å². The molecule has 1 saturated carbocycles. The van der Waals surface area contributed by atoms with Crippen LogP contribution in [0.1, 0.15) is 64.1 Å². The monoisotopic (exact) mass is 447 g/mol. The Morgan fingerprint density at radius 2 is 1.82 bits per heavy atom. The molecule has 1 N–H and O–H groups in total. The molecule has 1 aliphatic carbocycles. The van der Waals surface area contributed by atoms with Gasteiger partial charge in [-0.1, -0.05) is 55.5 Å². The molecule has 4 rings (SSSR count). The second-order valence-corrected chi connectivity index (χ2v) is 9.49. The van der Waals surface area contributed by atoms with Gasteiger partial charge in [-0.15, -0.1) is 5.10 Å². The molecule has 1 aromatic heterocycles. The Morgan fingerprint density at radius 1 is 1.12 bits per heavy atom. The van der Waals surface area contributed by atoms with Crippen molar-refractivity contribution in [1.82, 2.24) is 25.2 Å². The van der Waals surface area contributed by atoms with E-state index in [4.69, 9.17) is 0 Å². The first-order valence-corrected chi connectivity index (χ1v) is 11.8. The van der Waals surface area contributed by atoms with E-state index in [0.29, 0.717) is 0 Å². The highest BCUT2D eigenvalue weighted by atomic mass is 16.2. The molecule has 1 heterocycles. The van der Waals surface area contributed by atoms with Crippen LogP contribution >= 0.6 is 0 Å². The van der Waals surface area contributed by atoms with Crippen molar-refractivity contribution >= 4 is 22.8 Å². The molecule has 2 amide bonds. The molecule has 1 unspecified atom stereocenters. The summed E-state index contributed by atoms with van der Waals surface area (Å²) in [5, 5.41) is 11.5. The van der Waals surface area contributed by atoms with E-state index in [1.165, 1.54) is 5.56 Å². The van der Waals surface area contributed by atoms with Crippen molar-refractivity contribution in [2.75, 3.05) is 0 Å². The van der Waals surface area contributed by atoms with Crippen molar-refractivity contribution in [1.29, 1.82) is 0 Å². The van der Waals surface area contributed by atoms with Gasteiger partial charge < -0.3 is 10.2 Å². The summed E-state index contributed by atoms with van der Waals surface area (Å²) in [6, 6.07) is 15.0. The van der Waals surface area contributed by atoms with E-state index in [2.05, 4.69) is 22.6 Å². The van der Waals surface area contributed by atoms with Crippen LogP contribution < -0.4 is 5.32 Å². The van der Waals surface area contributed by atoms with Crippen molar-refractivity contribution in [2.24, 2.45) is 0 Å². The number of fused-ring (bicyclic) bond motifs is 1. The fourth-order valence-corrected chi connectivity index (χ4v) is 4.02. The van der Waals surface area contributed by atoms with E-state index in [9.17, 15) is 9.59 Å². The number of nitrogens with zero attached hydrogens (tertiary/aromatic N) is 4. The summed E-state index contributed by atoms with van der Waals surface area (Å²) in [4.78, 5) is 29.1. The largest absolute Gasteiger partial charge is 0.349 e. The molecule has 33 heavy (non-hydrogen) atoms. The number of carbonyl (C=O) groups excluding carboxylic acids is 2. The molecule has 0 aliphatic heterocycles. The van der Waals surface area contributed by atoms with Crippen molar-refractivity contribution in [3.05, 3.63) is 59.7 Å². The van der Waals surface area contributed by atoms with Crippen molar-refractivity contribution < 1.29 is 9.59 Å². The van der Waals surface area contributed by atoms with E-state index in [1.54, 1.807) is 9.58 Å². The first-order valence-electron chi connectivity index (χ1n) is 11.8. The van der Waals surface area contributed by atoms with Gasteiger partial charge in [-0.05, 0) is 62.8 Å². The van der Waals surface area contributed by atoms with Gasteiger partial charge in [-0.3, -0.25) is 9.59 Å². The highest BCUT2D eigenvalue weighted by Gasteiger charge is 2.42. The molecule has 7 nitrogen and oxygen atoms in total. The molecule has 7 heteroatoms. The van der Waals surface area contributed by atoms with Crippen molar-refractivity contribution in [3.63, 3.8) is 0 Å². The van der Waals surface area contributed by atoms with Gasteiger partial charge in [0.1, 0.15) is 18.1 Å². The third-order valence-electron chi connectivity index (χ3n) is 6.51. The Bertz CT molecular complexity index is 1130.